The molecule has 112 valence electrons. The van der Waals surface area contributed by atoms with E-state index in [1.165, 1.54) is 32.1 Å². The molecule has 1 atom stereocenters. The molecule has 0 bridgehead atoms. The van der Waals surface area contributed by atoms with Crippen molar-refractivity contribution in [1.82, 2.24) is 9.80 Å². The van der Waals surface area contributed by atoms with Gasteiger partial charge in [0.25, 0.3) is 0 Å². The third-order valence-corrected chi connectivity index (χ3v) is 4.49. The number of aliphatic hydroxyl groups is 1. The molecule has 0 spiro atoms. The number of hydrogen-bond acceptors (Lipinski definition) is 4. The molecule has 2 aliphatic rings. The molecular weight excluding hydrogens is 240 g/mol. The van der Waals surface area contributed by atoms with E-state index in [9.17, 15) is 5.11 Å². The van der Waals surface area contributed by atoms with E-state index in [0.29, 0.717) is 0 Å². The summed E-state index contributed by atoms with van der Waals surface area (Å²) >= 11 is 0. The van der Waals surface area contributed by atoms with Gasteiger partial charge in [-0.25, -0.2) is 0 Å². The third kappa shape index (κ3) is 5.78. The van der Waals surface area contributed by atoms with Crippen molar-refractivity contribution >= 4 is 0 Å². The Morgan fingerprint density at radius 2 is 1.95 bits per heavy atom. The molecule has 1 saturated carbocycles. The Morgan fingerprint density at radius 1 is 1.26 bits per heavy atom. The molecule has 0 aromatic heterocycles. The van der Waals surface area contributed by atoms with Crippen LogP contribution in [-0.4, -0.2) is 74.0 Å². The van der Waals surface area contributed by atoms with Gasteiger partial charge in [0, 0.05) is 26.2 Å². The van der Waals surface area contributed by atoms with Crippen LogP contribution in [0.3, 0.4) is 0 Å². The minimum atomic E-state index is -0.230. The van der Waals surface area contributed by atoms with Crippen LogP contribution in [0.15, 0.2) is 0 Å². The lowest BCUT2D eigenvalue weighted by atomic mass is 10.0. The van der Waals surface area contributed by atoms with E-state index >= 15 is 0 Å². The summed E-state index contributed by atoms with van der Waals surface area (Å²) in [5, 5.41) is 10.1. The van der Waals surface area contributed by atoms with Crippen molar-refractivity contribution in [3.05, 3.63) is 0 Å². The number of nitrogens with zero attached hydrogens (tertiary/aromatic N) is 2. The van der Waals surface area contributed by atoms with Crippen molar-refractivity contribution in [1.29, 1.82) is 0 Å². The zero-order valence-corrected chi connectivity index (χ0v) is 12.4. The smallest absolute Gasteiger partial charge is 0.0793 e. The fourth-order valence-corrected chi connectivity index (χ4v) is 3.29. The van der Waals surface area contributed by atoms with Crippen molar-refractivity contribution in [3.63, 3.8) is 0 Å². The Morgan fingerprint density at radius 3 is 2.63 bits per heavy atom. The number of ether oxygens (including phenoxy) is 1. The fourth-order valence-electron chi connectivity index (χ4n) is 3.29. The summed E-state index contributed by atoms with van der Waals surface area (Å²) in [5.74, 6) is 0.943. The van der Waals surface area contributed by atoms with E-state index in [1.54, 1.807) is 0 Å². The Balaban J connectivity index is 1.56. The summed E-state index contributed by atoms with van der Waals surface area (Å²) in [4.78, 5) is 4.60. The van der Waals surface area contributed by atoms with Crippen LogP contribution >= 0.6 is 0 Å². The van der Waals surface area contributed by atoms with Crippen molar-refractivity contribution in [3.8, 4) is 0 Å². The average Bonchev–Trinajstić information content (AvgIpc) is 2.90. The Hall–Kier alpha value is -0.160. The third-order valence-electron chi connectivity index (χ3n) is 4.49. The minimum Gasteiger partial charge on any atom is -0.390 e. The van der Waals surface area contributed by atoms with Crippen molar-refractivity contribution in [2.75, 3.05) is 53.0 Å². The van der Waals surface area contributed by atoms with Gasteiger partial charge in [0.05, 0.1) is 19.3 Å². The number of likely N-dealkylation sites (N-methyl/N-ethyl adjacent to an activating group) is 1. The Labute approximate surface area is 117 Å². The first kappa shape index (κ1) is 15.2. The van der Waals surface area contributed by atoms with Crippen molar-refractivity contribution in [2.24, 2.45) is 5.92 Å². The molecule has 1 N–H and O–H groups in total. The maximum atomic E-state index is 10.1. The lowest BCUT2D eigenvalue weighted by Gasteiger charge is -2.30. The predicted molar refractivity (Wildman–Crippen MR) is 77.3 cm³/mol. The van der Waals surface area contributed by atoms with Gasteiger partial charge in [-0.05, 0) is 25.9 Å². The fraction of sp³-hybridized carbons (Fsp3) is 1.00. The highest BCUT2D eigenvalue weighted by Gasteiger charge is 2.18. The summed E-state index contributed by atoms with van der Waals surface area (Å²) in [6.07, 6.45) is 6.77. The molecule has 0 radical (unpaired) electrons. The van der Waals surface area contributed by atoms with Crippen LogP contribution < -0.4 is 0 Å². The molecule has 4 nitrogen and oxygen atoms in total. The van der Waals surface area contributed by atoms with Gasteiger partial charge in [-0.15, -0.1) is 0 Å². The van der Waals surface area contributed by atoms with Crippen molar-refractivity contribution in [2.45, 2.75) is 38.2 Å². The number of rotatable bonds is 7. The second-order valence-corrected chi connectivity index (χ2v) is 6.27. The summed E-state index contributed by atoms with van der Waals surface area (Å²) < 4.78 is 5.32. The molecule has 4 heteroatoms. The van der Waals surface area contributed by atoms with E-state index < -0.39 is 0 Å². The van der Waals surface area contributed by atoms with Crippen LogP contribution in [0.1, 0.15) is 32.1 Å². The summed E-state index contributed by atoms with van der Waals surface area (Å²) in [7, 11) is 2.14. The van der Waals surface area contributed by atoms with Crippen LogP contribution in [0.5, 0.6) is 0 Å². The molecular formula is C15H30N2O2. The number of β-amino-alcohol motifs (C(OH)–C–C–N with tert-alkyl or cyclic N) is 1. The second kappa shape index (κ2) is 8.20. The first-order valence-corrected chi connectivity index (χ1v) is 7.91. The van der Waals surface area contributed by atoms with Crippen LogP contribution in [0.2, 0.25) is 0 Å². The summed E-state index contributed by atoms with van der Waals surface area (Å²) in [5.41, 5.74) is 0. The first-order valence-electron chi connectivity index (χ1n) is 7.91. The largest absolute Gasteiger partial charge is 0.390 e. The molecule has 0 aromatic rings. The molecule has 1 heterocycles. The molecule has 19 heavy (non-hydrogen) atoms. The zero-order chi connectivity index (χ0) is 13.5. The Kier molecular flexibility index (Phi) is 6.57. The standard InChI is InChI=1S/C15H30N2O2/c1-16(7-6-14-4-2-3-5-14)12-15(18)13-17-8-10-19-11-9-17/h14-15,18H,2-13H2,1H3. The molecule has 0 amide bonds. The maximum absolute atomic E-state index is 10.1. The topological polar surface area (TPSA) is 35.9 Å². The van der Waals surface area contributed by atoms with Crippen LogP contribution in [0.4, 0.5) is 0 Å². The first-order chi connectivity index (χ1) is 9.24. The molecule has 1 aliphatic carbocycles. The van der Waals surface area contributed by atoms with Crippen LogP contribution in [0.25, 0.3) is 0 Å². The van der Waals surface area contributed by atoms with E-state index in [4.69, 9.17) is 4.74 Å². The van der Waals surface area contributed by atoms with Gasteiger partial charge in [0.15, 0.2) is 0 Å². The monoisotopic (exact) mass is 270 g/mol. The Bertz CT molecular complexity index is 238. The average molecular weight is 270 g/mol. The van der Waals surface area contributed by atoms with E-state index in [0.717, 1.165) is 51.9 Å². The molecule has 0 aromatic carbocycles. The zero-order valence-electron chi connectivity index (χ0n) is 12.4. The SMILES string of the molecule is CN(CCC1CCCC1)CC(O)CN1CCOCC1. The normalized spacial score (nSPS) is 24.2. The summed E-state index contributed by atoms with van der Waals surface area (Å²) in [6, 6.07) is 0. The van der Waals surface area contributed by atoms with Gasteiger partial charge >= 0.3 is 0 Å². The van der Waals surface area contributed by atoms with E-state index in [2.05, 4.69) is 16.8 Å². The van der Waals surface area contributed by atoms with Gasteiger partial charge in [0.1, 0.15) is 0 Å². The highest BCUT2D eigenvalue weighted by molar-refractivity contribution is 4.72. The van der Waals surface area contributed by atoms with Gasteiger partial charge in [0.2, 0.25) is 0 Å². The van der Waals surface area contributed by atoms with Crippen molar-refractivity contribution < 1.29 is 9.84 Å². The molecule has 1 unspecified atom stereocenters. The minimum absolute atomic E-state index is 0.230. The van der Waals surface area contributed by atoms with E-state index in [1.807, 2.05) is 0 Å². The highest BCUT2D eigenvalue weighted by atomic mass is 16.5. The molecule has 2 rings (SSSR count). The number of morpholine rings is 1. The van der Waals surface area contributed by atoms with Crippen LogP contribution in [0, 0.1) is 5.92 Å². The highest BCUT2D eigenvalue weighted by Crippen LogP contribution is 2.27. The van der Waals surface area contributed by atoms with Gasteiger partial charge in [-0.3, -0.25) is 4.90 Å². The van der Waals surface area contributed by atoms with Gasteiger partial charge in [-0.2, -0.15) is 0 Å². The van der Waals surface area contributed by atoms with Gasteiger partial charge in [-0.1, -0.05) is 25.7 Å². The predicted octanol–water partition coefficient (Wildman–Crippen LogP) is 1.19. The number of aliphatic hydroxyl groups excluding tert-OH is 1. The molecule has 2 fully saturated rings. The lowest BCUT2D eigenvalue weighted by Crippen LogP contribution is -2.44. The summed E-state index contributed by atoms with van der Waals surface area (Å²) in [6.45, 7) is 6.26. The van der Waals surface area contributed by atoms with E-state index in [-0.39, 0.29) is 6.10 Å². The van der Waals surface area contributed by atoms with Crippen LogP contribution in [-0.2, 0) is 4.74 Å². The lowest BCUT2D eigenvalue weighted by molar-refractivity contribution is 0.00845. The maximum Gasteiger partial charge on any atom is 0.0793 e. The quantitative estimate of drug-likeness (QED) is 0.754. The van der Waals surface area contributed by atoms with Gasteiger partial charge < -0.3 is 14.7 Å². The molecule has 1 aliphatic heterocycles. The number of hydrogen-bond donors (Lipinski definition) is 1. The molecule has 1 saturated heterocycles. The second-order valence-electron chi connectivity index (χ2n) is 6.27.